The van der Waals surface area contributed by atoms with Gasteiger partial charge in [-0.25, -0.2) is 9.59 Å². The molecule has 2 heterocycles. The molecule has 2 saturated heterocycles. The molecule has 2 rings (SSSR count). The van der Waals surface area contributed by atoms with Gasteiger partial charge >= 0.3 is 12.1 Å². The van der Waals surface area contributed by atoms with E-state index in [1.165, 1.54) is 0 Å². The van der Waals surface area contributed by atoms with Crippen LogP contribution in [0.15, 0.2) is 0 Å². The number of hydrogen-bond donors (Lipinski definition) is 3. The Balaban J connectivity index is 2.25. The third-order valence-electron chi connectivity index (χ3n) is 2.38. The molecular weight excluding hydrogens is 184 g/mol. The van der Waals surface area contributed by atoms with Crippen molar-refractivity contribution in [3.63, 3.8) is 0 Å². The SMILES string of the molecule is CC(C)(C)N1C(=O)N[C@H]2NC(=O)N[C@H]21. The summed E-state index contributed by atoms with van der Waals surface area (Å²) in [6.07, 6.45) is -0.593. The van der Waals surface area contributed by atoms with Crippen LogP contribution < -0.4 is 16.0 Å². The van der Waals surface area contributed by atoms with Gasteiger partial charge in [-0.2, -0.15) is 0 Å². The van der Waals surface area contributed by atoms with Crippen LogP contribution >= 0.6 is 0 Å². The average Bonchev–Trinajstić information content (AvgIpc) is 2.38. The summed E-state index contributed by atoms with van der Waals surface area (Å²) in [7, 11) is 0. The number of urea groups is 2. The van der Waals surface area contributed by atoms with Gasteiger partial charge in [-0.15, -0.1) is 0 Å². The molecule has 0 saturated carbocycles. The number of nitrogens with one attached hydrogen (secondary N) is 3. The van der Waals surface area contributed by atoms with Gasteiger partial charge in [-0.05, 0) is 20.8 Å². The van der Waals surface area contributed by atoms with Crippen molar-refractivity contribution in [1.29, 1.82) is 0 Å². The maximum Gasteiger partial charge on any atom is 0.321 e. The van der Waals surface area contributed by atoms with E-state index in [9.17, 15) is 9.59 Å². The molecule has 6 heteroatoms. The summed E-state index contributed by atoms with van der Waals surface area (Å²) in [5, 5.41) is 8.02. The normalized spacial score (nSPS) is 30.9. The standard InChI is InChI=1S/C8H14N4O2/c1-8(2,3)12-5-4(10-7(12)14)9-6(13)11-5/h4-5H,1-3H3,(H,10,14)(H2,9,11,13)/t4-,5+/m1/s1. The molecule has 0 aromatic rings. The van der Waals surface area contributed by atoms with Gasteiger partial charge in [0.05, 0.1) is 0 Å². The number of carbonyl (C=O) groups excluding carboxylic acids is 2. The van der Waals surface area contributed by atoms with Crippen molar-refractivity contribution < 1.29 is 9.59 Å². The molecule has 0 spiro atoms. The summed E-state index contributed by atoms with van der Waals surface area (Å²) >= 11 is 0. The lowest BCUT2D eigenvalue weighted by Crippen LogP contribution is -2.52. The minimum atomic E-state index is -0.311. The lowest BCUT2D eigenvalue weighted by molar-refractivity contribution is 0.130. The van der Waals surface area contributed by atoms with Gasteiger partial charge in [0, 0.05) is 5.54 Å². The molecule has 0 aromatic carbocycles. The van der Waals surface area contributed by atoms with Gasteiger partial charge in [-0.1, -0.05) is 0 Å². The number of amides is 4. The Bertz CT molecular complexity index is 296. The molecule has 2 fully saturated rings. The topological polar surface area (TPSA) is 73.5 Å². The quantitative estimate of drug-likeness (QED) is 0.503. The van der Waals surface area contributed by atoms with Crippen molar-refractivity contribution in [2.75, 3.05) is 0 Å². The summed E-state index contributed by atoms with van der Waals surface area (Å²) in [6, 6.07) is -0.394. The van der Waals surface area contributed by atoms with E-state index in [1.54, 1.807) is 4.90 Å². The first-order valence-corrected chi connectivity index (χ1v) is 4.56. The van der Waals surface area contributed by atoms with Gasteiger partial charge in [-0.3, -0.25) is 4.90 Å². The number of rotatable bonds is 0. The third-order valence-corrected chi connectivity index (χ3v) is 2.38. The van der Waals surface area contributed by atoms with E-state index >= 15 is 0 Å². The second-order valence-electron chi connectivity index (χ2n) is 4.53. The zero-order chi connectivity index (χ0) is 10.5. The molecule has 0 bridgehead atoms. The fourth-order valence-electron chi connectivity index (χ4n) is 1.86. The number of fused-ring (bicyclic) bond motifs is 1. The molecule has 14 heavy (non-hydrogen) atoms. The van der Waals surface area contributed by atoms with Crippen LogP contribution in [0.3, 0.4) is 0 Å². The molecule has 3 N–H and O–H groups in total. The molecule has 2 aliphatic rings. The molecule has 78 valence electrons. The van der Waals surface area contributed by atoms with E-state index < -0.39 is 0 Å². The zero-order valence-electron chi connectivity index (χ0n) is 8.42. The van der Waals surface area contributed by atoms with Gasteiger partial charge < -0.3 is 16.0 Å². The molecule has 6 nitrogen and oxygen atoms in total. The number of hydrogen-bond acceptors (Lipinski definition) is 2. The number of carbonyl (C=O) groups is 2. The van der Waals surface area contributed by atoms with Crippen molar-refractivity contribution in [2.24, 2.45) is 0 Å². The Morgan fingerprint density at radius 2 is 1.79 bits per heavy atom. The van der Waals surface area contributed by atoms with E-state index in [-0.39, 0.29) is 29.9 Å². The summed E-state index contributed by atoms with van der Waals surface area (Å²) in [5.74, 6) is 0. The van der Waals surface area contributed by atoms with Gasteiger partial charge in [0.25, 0.3) is 0 Å². The maximum absolute atomic E-state index is 11.6. The molecule has 0 aromatic heterocycles. The summed E-state index contributed by atoms with van der Waals surface area (Å²) in [6.45, 7) is 5.79. The van der Waals surface area contributed by atoms with E-state index in [0.717, 1.165) is 0 Å². The monoisotopic (exact) mass is 198 g/mol. The van der Waals surface area contributed by atoms with E-state index in [0.29, 0.717) is 0 Å². The minimum absolute atomic E-state index is 0.153. The highest BCUT2D eigenvalue weighted by Crippen LogP contribution is 2.23. The Morgan fingerprint density at radius 1 is 1.14 bits per heavy atom. The highest BCUT2D eigenvalue weighted by molar-refractivity contribution is 5.85. The van der Waals surface area contributed by atoms with Crippen molar-refractivity contribution in [3.8, 4) is 0 Å². The van der Waals surface area contributed by atoms with Crippen LogP contribution in [0.1, 0.15) is 20.8 Å². The van der Waals surface area contributed by atoms with Gasteiger partial charge in [0.15, 0.2) is 0 Å². The second kappa shape index (κ2) is 2.52. The fourth-order valence-corrected chi connectivity index (χ4v) is 1.86. The predicted octanol–water partition coefficient (Wildman–Crippen LogP) is -0.225. The minimum Gasteiger partial charge on any atom is -0.314 e. The first-order valence-electron chi connectivity index (χ1n) is 4.56. The van der Waals surface area contributed by atoms with Crippen molar-refractivity contribution in [2.45, 2.75) is 38.6 Å². The number of nitrogens with zero attached hydrogens (tertiary/aromatic N) is 1. The van der Waals surface area contributed by atoms with Crippen LogP contribution in [0.5, 0.6) is 0 Å². The van der Waals surface area contributed by atoms with Crippen molar-refractivity contribution in [3.05, 3.63) is 0 Å². The molecule has 4 amide bonds. The van der Waals surface area contributed by atoms with Crippen molar-refractivity contribution in [1.82, 2.24) is 20.9 Å². The first-order chi connectivity index (χ1) is 6.39. The molecule has 0 unspecified atom stereocenters. The summed E-state index contributed by atoms with van der Waals surface area (Å²) in [5.41, 5.74) is -0.303. The van der Waals surface area contributed by atoms with Crippen LogP contribution in [0.4, 0.5) is 9.59 Å². The Labute approximate surface area is 82.0 Å². The summed E-state index contributed by atoms with van der Waals surface area (Å²) in [4.78, 5) is 24.2. The van der Waals surface area contributed by atoms with E-state index in [4.69, 9.17) is 0 Å². The maximum atomic E-state index is 11.6. The molecule has 0 aliphatic carbocycles. The summed E-state index contributed by atoms with van der Waals surface area (Å²) < 4.78 is 0. The first kappa shape index (κ1) is 9.11. The molecule has 2 atom stereocenters. The smallest absolute Gasteiger partial charge is 0.314 e. The van der Waals surface area contributed by atoms with E-state index in [2.05, 4.69) is 16.0 Å². The van der Waals surface area contributed by atoms with Gasteiger partial charge in [0.1, 0.15) is 12.3 Å². The molecule has 2 aliphatic heterocycles. The largest absolute Gasteiger partial charge is 0.321 e. The lowest BCUT2D eigenvalue weighted by atomic mass is 10.1. The van der Waals surface area contributed by atoms with Crippen molar-refractivity contribution >= 4 is 12.1 Å². The predicted molar refractivity (Wildman–Crippen MR) is 49.4 cm³/mol. The molecular formula is C8H14N4O2. The highest BCUT2D eigenvalue weighted by Gasteiger charge is 2.49. The van der Waals surface area contributed by atoms with Crippen LogP contribution in [0, 0.1) is 0 Å². The lowest BCUT2D eigenvalue weighted by Gasteiger charge is -2.34. The second-order valence-corrected chi connectivity index (χ2v) is 4.53. The highest BCUT2D eigenvalue weighted by atomic mass is 16.2. The third kappa shape index (κ3) is 1.18. The van der Waals surface area contributed by atoms with Gasteiger partial charge in [0.2, 0.25) is 0 Å². The Hall–Kier alpha value is -1.46. The Kier molecular flexibility index (Phi) is 1.64. The van der Waals surface area contributed by atoms with Crippen LogP contribution in [0.2, 0.25) is 0 Å². The molecule has 0 radical (unpaired) electrons. The average molecular weight is 198 g/mol. The Morgan fingerprint density at radius 3 is 2.36 bits per heavy atom. The zero-order valence-corrected chi connectivity index (χ0v) is 8.42. The van der Waals surface area contributed by atoms with Crippen LogP contribution in [-0.4, -0.2) is 34.8 Å². The van der Waals surface area contributed by atoms with E-state index in [1.807, 2.05) is 20.8 Å². The van der Waals surface area contributed by atoms with Crippen LogP contribution in [-0.2, 0) is 0 Å². The fraction of sp³-hybridized carbons (Fsp3) is 0.750. The van der Waals surface area contributed by atoms with Crippen LogP contribution in [0.25, 0.3) is 0 Å².